The molecular weight excluding hydrogens is 318 g/mol. The SMILES string of the molecule is COc1ccc(-c2cnc(-c3ccc(C[C@H](N)C(=O)O)cc3)[nH]2)cc1. The lowest BCUT2D eigenvalue weighted by molar-refractivity contribution is -0.138. The molecule has 1 heterocycles. The van der Waals surface area contributed by atoms with Gasteiger partial charge in [0.2, 0.25) is 0 Å². The monoisotopic (exact) mass is 337 g/mol. The molecule has 25 heavy (non-hydrogen) atoms. The van der Waals surface area contributed by atoms with Crippen molar-refractivity contribution in [2.45, 2.75) is 12.5 Å². The maximum absolute atomic E-state index is 10.8. The van der Waals surface area contributed by atoms with Gasteiger partial charge in [0.1, 0.15) is 17.6 Å². The van der Waals surface area contributed by atoms with E-state index in [-0.39, 0.29) is 0 Å². The summed E-state index contributed by atoms with van der Waals surface area (Å²) in [5.41, 5.74) is 9.29. The lowest BCUT2D eigenvalue weighted by Crippen LogP contribution is -2.32. The third kappa shape index (κ3) is 3.87. The highest BCUT2D eigenvalue weighted by Crippen LogP contribution is 2.24. The van der Waals surface area contributed by atoms with E-state index in [9.17, 15) is 4.79 Å². The van der Waals surface area contributed by atoms with Gasteiger partial charge in [-0.25, -0.2) is 4.98 Å². The number of methoxy groups -OCH3 is 1. The number of rotatable bonds is 6. The first-order valence-corrected chi connectivity index (χ1v) is 7.84. The fourth-order valence-corrected chi connectivity index (χ4v) is 2.53. The molecule has 1 aromatic heterocycles. The van der Waals surface area contributed by atoms with Crippen molar-refractivity contribution < 1.29 is 14.6 Å². The highest BCUT2D eigenvalue weighted by atomic mass is 16.5. The number of hydrogen-bond donors (Lipinski definition) is 3. The molecule has 6 heteroatoms. The smallest absolute Gasteiger partial charge is 0.320 e. The molecule has 2 aromatic carbocycles. The van der Waals surface area contributed by atoms with Gasteiger partial charge in [-0.2, -0.15) is 0 Å². The van der Waals surface area contributed by atoms with Crippen LogP contribution in [-0.2, 0) is 11.2 Å². The van der Waals surface area contributed by atoms with Gasteiger partial charge in [0, 0.05) is 5.56 Å². The summed E-state index contributed by atoms with van der Waals surface area (Å²) < 4.78 is 5.16. The van der Waals surface area contributed by atoms with Gasteiger partial charge < -0.3 is 20.6 Å². The molecule has 0 aliphatic heterocycles. The second-order valence-corrected chi connectivity index (χ2v) is 5.72. The predicted octanol–water partition coefficient (Wildman–Crippen LogP) is 2.71. The summed E-state index contributed by atoms with van der Waals surface area (Å²) in [4.78, 5) is 18.5. The Hall–Kier alpha value is -3.12. The van der Waals surface area contributed by atoms with Gasteiger partial charge in [0.05, 0.1) is 19.0 Å². The zero-order chi connectivity index (χ0) is 17.8. The molecule has 0 amide bonds. The van der Waals surface area contributed by atoms with Crippen molar-refractivity contribution >= 4 is 5.97 Å². The van der Waals surface area contributed by atoms with Crippen LogP contribution in [-0.4, -0.2) is 34.2 Å². The molecule has 128 valence electrons. The minimum Gasteiger partial charge on any atom is -0.497 e. The number of benzene rings is 2. The summed E-state index contributed by atoms with van der Waals surface area (Å²) in [6, 6.07) is 14.4. The number of imidazole rings is 1. The highest BCUT2D eigenvalue weighted by Gasteiger charge is 2.12. The number of aliphatic carboxylic acids is 1. The Morgan fingerprint density at radius 2 is 1.80 bits per heavy atom. The number of aromatic amines is 1. The highest BCUT2D eigenvalue weighted by molar-refractivity contribution is 5.73. The van der Waals surface area contributed by atoms with E-state index in [2.05, 4.69) is 9.97 Å². The number of carboxylic acid groups (broad SMARTS) is 1. The average Bonchev–Trinajstić information content (AvgIpc) is 3.12. The maximum atomic E-state index is 10.8. The van der Waals surface area contributed by atoms with Crippen molar-refractivity contribution in [1.82, 2.24) is 9.97 Å². The molecule has 0 fully saturated rings. The third-order valence-electron chi connectivity index (χ3n) is 3.98. The van der Waals surface area contributed by atoms with E-state index in [4.69, 9.17) is 15.6 Å². The quantitative estimate of drug-likeness (QED) is 0.642. The van der Waals surface area contributed by atoms with Crippen LogP contribution in [0.15, 0.2) is 54.7 Å². The van der Waals surface area contributed by atoms with Crippen molar-refractivity contribution in [2.24, 2.45) is 5.73 Å². The Labute approximate surface area is 145 Å². The van der Waals surface area contributed by atoms with Gasteiger partial charge in [-0.1, -0.05) is 24.3 Å². The molecule has 3 aromatic rings. The molecule has 0 saturated heterocycles. The molecule has 1 atom stereocenters. The van der Waals surface area contributed by atoms with Crippen molar-refractivity contribution in [2.75, 3.05) is 7.11 Å². The van der Waals surface area contributed by atoms with Crippen LogP contribution in [0.25, 0.3) is 22.6 Å². The standard InChI is InChI=1S/C19H19N3O3/c1-25-15-8-6-13(7-9-15)17-11-21-18(22-17)14-4-2-12(3-5-14)10-16(20)19(23)24/h2-9,11,16H,10,20H2,1H3,(H,21,22)(H,23,24)/t16-/m0/s1. The minimum absolute atomic E-state index is 0.296. The molecule has 0 unspecified atom stereocenters. The van der Waals surface area contributed by atoms with E-state index in [1.54, 1.807) is 13.3 Å². The van der Waals surface area contributed by atoms with Crippen molar-refractivity contribution in [3.8, 4) is 28.4 Å². The van der Waals surface area contributed by atoms with Gasteiger partial charge in [-0.3, -0.25) is 4.79 Å². The zero-order valence-corrected chi connectivity index (χ0v) is 13.8. The first-order valence-electron chi connectivity index (χ1n) is 7.84. The van der Waals surface area contributed by atoms with Crippen LogP contribution in [0.4, 0.5) is 0 Å². The molecule has 0 aliphatic rings. The third-order valence-corrected chi connectivity index (χ3v) is 3.98. The number of H-pyrrole nitrogens is 1. The van der Waals surface area contributed by atoms with E-state index < -0.39 is 12.0 Å². The minimum atomic E-state index is -1.00. The first-order chi connectivity index (χ1) is 12.1. The van der Waals surface area contributed by atoms with E-state index >= 15 is 0 Å². The zero-order valence-electron chi connectivity index (χ0n) is 13.8. The van der Waals surface area contributed by atoms with E-state index in [0.29, 0.717) is 6.42 Å². The van der Waals surface area contributed by atoms with Gasteiger partial charge >= 0.3 is 5.97 Å². The number of nitrogens with two attached hydrogens (primary N) is 1. The largest absolute Gasteiger partial charge is 0.497 e. The molecule has 0 radical (unpaired) electrons. The normalized spacial score (nSPS) is 11.9. The van der Waals surface area contributed by atoms with Gasteiger partial charge in [0.25, 0.3) is 0 Å². The molecule has 0 aliphatic carbocycles. The summed E-state index contributed by atoms with van der Waals surface area (Å²) in [7, 11) is 1.64. The number of nitrogens with zero attached hydrogens (tertiary/aromatic N) is 1. The van der Waals surface area contributed by atoms with Crippen LogP contribution >= 0.6 is 0 Å². The molecule has 4 N–H and O–H groups in total. The van der Waals surface area contributed by atoms with Crippen molar-refractivity contribution in [3.05, 3.63) is 60.3 Å². The van der Waals surface area contributed by atoms with Crippen LogP contribution < -0.4 is 10.5 Å². The van der Waals surface area contributed by atoms with Crippen LogP contribution in [0.2, 0.25) is 0 Å². The molecule has 0 spiro atoms. The Morgan fingerprint density at radius 3 is 2.40 bits per heavy atom. The number of carboxylic acids is 1. The topological polar surface area (TPSA) is 101 Å². The Bertz CT molecular complexity index is 854. The second kappa shape index (κ2) is 7.19. The Balaban J connectivity index is 1.76. The predicted molar refractivity (Wildman–Crippen MR) is 95.3 cm³/mol. The summed E-state index contributed by atoms with van der Waals surface area (Å²) in [5, 5.41) is 8.87. The van der Waals surface area contributed by atoms with Crippen LogP contribution in [0.1, 0.15) is 5.56 Å². The molecule has 3 rings (SSSR count). The van der Waals surface area contributed by atoms with E-state index in [1.807, 2.05) is 48.5 Å². The number of aromatic nitrogens is 2. The first kappa shape index (κ1) is 16.7. The van der Waals surface area contributed by atoms with Gasteiger partial charge in [0.15, 0.2) is 0 Å². The van der Waals surface area contributed by atoms with Crippen molar-refractivity contribution in [3.63, 3.8) is 0 Å². The van der Waals surface area contributed by atoms with Crippen LogP contribution in [0, 0.1) is 0 Å². The summed E-state index contributed by atoms with van der Waals surface area (Å²) in [5.74, 6) is 0.554. The van der Waals surface area contributed by atoms with Gasteiger partial charge in [-0.15, -0.1) is 0 Å². The number of ether oxygens (including phenoxy) is 1. The fraction of sp³-hybridized carbons (Fsp3) is 0.158. The molecule has 6 nitrogen and oxygen atoms in total. The summed E-state index contributed by atoms with van der Waals surface area (Å²) in [6.45, 7) is 0. The fourth-order valence-electron chi connectivity index (χ4n) is 2.53. The molecule has 0 bridgehead atoms. The summed E-state index contributed by atoms with van der Waals surface area (Å²) >= 11 is 0. The van der Waals surface area contributed by atoms with Crippen LogP contribution in [0.3, 0.4) is 0 Å². The van der Waals surface area contributed by atoms with E-state index in [1.165, 1.54) is 0 Å². The average molecular weight is 337 g/mol. The maximum Gasteiger partial charge on any atom is 0.320 e. The number of nitrogens with one attached hydrogen (secondary N) is 1. The van der Waals surface area contributed by atoms with Gasteiger partial charge in [-0.05, 0) is 41.8 Å². The Kier molecular flexibility index (Phi) is 4.81. The lowest BCUT2D eigenvalue weighted by atomic mass is 10.0. The van der Waals surface area contributed by atoms with Crippen LogP contribution in [0.5, 0.6) is 5.75 Å². The molecule has 0 saturated carbocycles. The number of carbonyl (C=O) groups is 1. The molecular formula is C19H19N3O3. The lowest BCUT2D eigenvalue weighted by Gasteiger charge is -2.06. The van der Waals surface area contributed by atoms with E-state index in [0.717, 1.165) is 34.0 Å². The Morgan fingerprint density at radius 1 is 1.16 bits per heavy atom. The second-order valence-electron chi connectivity index (χ2n) is 5.72. The number of hydrogen-bond acceptors (Lipinski definition) is 4. The summed E-state index contributed by atoms with van der Waals surface area (Å²) in [6.07, 6.45) is 2.08. The van der Waals surface area contributed by atoms with Crippen molar-refractivity contribution in [1.29, 1.82) is 0 Å².